The average molecular weight is 350 g/mol. The maximum absolute atomic E-state index is 12.2. The number of carbonyl (C=O) groups is 1. The third kappa shape index (κ3) is 5.51. The summed E-state index contributed by atoms with van der Waals surface area (Å²) in [6.45, 7) is 8.32. The molecule has 3 rings (SSSR count). The molecule has 1 aromatic heterocycles. The Morgan fingerprint density at radius 3 is 2.60 bits per heavy atom. The summed E-state index contributed by atoms with van der Waals surface area (Å²) in [4.78, 5) is 19.0. The molecule has 25 heavy (non-hydrogen) atoms. The van der Waals surface area contributed by atoms with E-state index in [1.165, 1.54) is 0 Å². The van der Waals surface area contributed by atoms with Crippen LogP contribution in [0, 0.1) is 5.92 Å². The van der Waals surface area contributed by atoms with Gasteiger partial charge >= 0.3 is 0 Å². The molecule has 1 N–H and O–H groups in total. The maximum Gasteiger partial charge on any atom is 0.240 e. The molecular formula is C18H30N4O3. The minimum absolute atomic E-state index is 0.198. The van der Waals surface area contributed by atoms with Gasteiger partial charge in [-0.3, -0.25) is 9.69 Å². The first-order valence-electron chi connectivity index (χ1n) is 9.52. The van der Waals surface area contributed by atoms with E-state index in [0.717, 1.165) is 57.8 Å². The summed E-state index contributed by atoms with van der Waals surface area (Å²) in [5.74, 6) is 2.43. The number of hydrogen-bond acceptors (Lipinski definition) is 6. The Bertz CT molecular complexity index is 546. The highest BCUT2D eigenvalue weighted by atomic mass is 16.5. The maximum atomic E-state index is 12.2. The predicted octanol–water partition coefficient (Wildman–Crippen LogP) is 2.09. The Morgan fingerprint density at radius 2 is 1.96 bits per heavy atom. The van der Waals surface area contributed by atoms with Crippen molar-refractivity contribution in [2.75, 3.05) is 26.3 Å². The summed E-state index contributed by atoms with van der Waals surface area (Å²) in [5.41, 5.74) is 0. The van der Waals surface area contributed by atoms with Crippen LogP contribution in [-0.4, -0.2) is 53.3 Å². The van der Waals surface area contributed by atoms with Gasteiger partial charge in [-0.1, -0.05) is 19.0 Å². The van der Waals surface area contributed by atoms with Crippen LogP contribution >= 0.6 is 0 Å². The van der Waals surface area contributed by atoms with E-state index in [1.54, 1.807) is 0 Å². The van der Waals surface area contributed by atoms with Crippen molar-refractivity contribution >= 4 is 5.91 Å². The van der Waals surface area contributed by atoms with Crippen LogP contribution in [0.4, 0.5) is 0 Å². The largest absolute Gasteiger partial charge is 0.381 e. The molecule has 7 heteroatoms. The number of nitrogens with zero attached hydrogens (tertiary/aromatic N) is 3. The monoisotopic (exact) mass is 350 g/mol. The molecule has 0 spiro atoms. The van der Waals surface area contributed by atoms with Gasteiger partial charge in [-0.15, -0.1) is 0 Å². The van der Waals surface area contributed by atoms with Crippen molar-refractivity contribution in [3.05, 3.63) is 11.7 Å². The quantitative estimate of drug-likeness (QED) is 0.846. The first-order valence-corrected chi connectivity index (χ1v) is 9.52. The summed E-state index contributed by atoms with van der Waals surface area (Å²) < 4.78 is 10.7. The van der Waals surface area contributed by atoms with Crippen LogP contribution in [0.15, 0.2) is 4.52 Å². The lowest BCUT2D eigenvalue weighted by Gasteiger charge is -2.31. The van der Waals surface area contributed by atoms with Gasteiger partial charge in [-0.25, -0.2) is 0 Å². The first kappa shape index (κ1) is 18.3. The van der Waals surface area contributed by atoms with Gasteiger partial charge in [-0.05, 0) is 44.7 Å². The summed E-state index contributed by atoms with van der Waals surface area (Å²) in [6, 6.07) is 0.300. The number of ether oxygens (including phenoxy) is 1. The minimum Gasteiger partial charge on any atom is -0.381 e. The SMILES string of the molecule is CC(C)c1noc(CN2CCC(CC(=O)NC3CCOCC3)CC2)n1. The molecule has 0 aliphatic carbocycles. The summed E-state index contributed by atoms with van der Waals surface area (Å²) in [6.07, 6.45) is 4.61. The topological polar surface area (TPSA) is 80.5 Å². The highest BCUT2D eigenvalue weighted by Crippen LogP contribution is 2.22. The normalized spacial score (nSPS) is 20.9. The number of rotatable bonds is 6. The fraction of sp³-hybridized carbons (Fsp3) is 0.833. The number of hydrogen-bond donors (Lipinski definition) is 1. The van der Waals surface area contributed by atoms with E-state index in [9.17, 15) is 4.79 Å². The number of nitrogens with one attached hydrogen (secondary N) is 1. The van der Waals surface area contributed by atoms with Gasteiger partial charge in [0, 0.05) is 31.6 Å². The summed E-state index contributed by atoms with van der Waals surface area (Å²) in [7, 11) is 0. The van der Waals surface area contributed by atoms with Gasteiger partial charge in [0.25, 0.3) is 0 Å². The molecule has 0 unspecified atom stereocenters. The fourth-order valence-corrected chi connectivity index (χ4v) is 3.50. The van der Waals surface area contributed by atoms with Gasteiger partial charge in [-0.2, -0.15) is 4.98 Å². The fourth-order valence-electron chi connectivity index (χ4n) is 3.50. The lowest BCUT2D eigenvalue weighted by molar-refractivity contribution is -0.123. The average Bonchev–Trinajstić information content (AvgIpc) is 3.06. The standard InChI is InChI=1S/C18H30N4O3/c1-13(2)18-20-17(25-21-18)12-22-7-3-14(4-8-22)11-16(23)19-15-5-9-24-10-6-15/h13-15H,3-12H2,1-2H3,(H,19,23). The van der Waals surface area contributed by atoms with E-state index in [4.69, 9.17) is 9.26 Å². The third-order valence-electron chi connectivity index (χ3n) is 5.13. The van der Waals surface area contributed by atoms with E-state index < -0.39 is 0 Å². The van der Waals surface area contributed by atoms with Crippen LogP contribution in [0.2, 0.25) is 0 Å². The van der Waals surface area contributed by atoms with Crippen LogP contribution in [0.1, 0.15) is 63.6 Å². The van der Waals surface area contributed by atoms with Gasteiger partial charge in [0.1, 0.15) is 0 Å². The Balaban J connectivity index is 1.37. The van der Waals surface area contributed by atoms with Crippen molar-refractivity contribution in [2.24, 2.45) is 5.92 Å². The zero-order chi connectivity index (χ0) is 17.6. The highest BCUT2D eigenvalue weighted by Gasteiger charge is 2.24. The summed E-state index contributed by atoms with van der Waals surface area (Å²) >= 11 is 0. The van der Waals surface area contributed by atoms with Crippen LogP contribution in [0.5, 0.6) is 0 Å². The predicted molar refractivity (Wildman–Crippen MR) is 93.0 cm³/mol. The minimum atomic E-state index is 0.198. The number of aromatic nitrogens is 2. The Kier molecular flexibility index (Phi) is 6.42. The zero-order valence-corrected chi connectivity index (χ0v) is 15.4. The van der Waals surface area contributed by atoms with Crippen molar-refractivity contribution in [3.8, 4) is 0 Å². The molecule has 2 aliphatic rings. The second-order valence-corrected chi connectivity index (χ2v) is 7.58. The molecule has 2 aliphatic heterocycles. The smallest absolute Gasteiger partial charge is 0.240 e. The molecule has 140 valence electrons. The second-order valence-electron chi connectivity index (χ2n) is 7.58. The Morgan fingerprint density at radius 1 is 1.24 bits per heavy atom. The van der Waals surface area contributed by atoms with Crippen molar-refractivity contribution in [3.63, 3.8) is 0 Å². The molecule has 0 aromatic carbocycles. The lowest BCUT2D eigenvalue weighted by Crippen LogP contribution is -2.41. The zero-order valence-electron chi connectivity index (χ0n) is 15.4. The molecule has 1 aromatic rings. The van der Waals surface area contributed by atoms with E-state index in [0.29, 0.717) is 30.8 Å². The van der Waals surface area contributed by atoms with Gasteiger partial charge in [0.05, 0.1) is 6.54 Å². The number of likely N-dealkylation sites (tertiary alicyclic amines) is 1. The highest BCUT2D eigenvalue weighted by molar-refractivity contribution is 5.76. The van der Waals surface area contributed by atoms with E-state index in [-0.39, 0.29) is 11.8 Å². The molecule has 0 radical (unpaired) electrons. The van der Waals surface area contributed by atoms with Crippen LogP contribution in [-0.2, 0) is 16.1 Å². The Labute approximate surface area is 149 Å². The second kappa shape index (κ2) is 8.76. The third-order valence-corrected chi connectivity index (χ3v) is 5.13. The molecule has 7 nitrogen and oxygen atoms in total. The molecule has 3 heterocycles. The van der Waals surface area contributed by atoms with Crippen molar-refractivity contribution in [1.82, 2.24) is 20.4 Å². The first-order chi connectivity index (χ1) is 12.1. The Hall–Kier alpha value is -1.47. The van der Waals surface area contributed by atoms with Crippen molar-refractivity contribution in [2.45, 2.75) is 64.5 Å². The van der Waals surface area contributed by atoms with Crippen LogP contribution in [0.25, 0.3) is 0 Å². The molecule has 0 saturated carbocycles. The number of amides is 1. The lowest BCUT2D eigenvalue weighted by atomic mass is 9.93. The van der Waals surface area contributed by atoms with E-state index >= 15 is 0 Å². The molecule has 2 fully saturated rings. The number of piperidine rings is 1. The van der Waals surface area contributed by atoms with Crippen molar-refractivity contribution in [1.29, 1.82) is 0 Å². The molecule has 1 amide bonds. The molecule has 2 saturated heterocycles. The summed E-state index contributed by atoms with van der Waals surface area (Å²) in [5, 5.41) is 7.18. The van der Waals surface area contributed by atoms with Gasteiger partial charge < -0.3 is 14.6 Å². The van der Waals surface area contributed by atoms with Gasteiger partial charge in [0.2, 0.25) is 11.8 Å². The molecular weight excluding hydrogens is 320 g/mol. The van der Waals surface area contributed by atoms with E-state index in [2.05, 4.69) is 34.2 Å². The van der Waals surface area contributed by atoms with Crippen molar-refractivity contribution < 1.29 is 14.1 Å². The molecule has 0 bridgehead atoms. The van der Waals surface area contributed by atoms with Crippen LogP contribution in [0.3, 0.4) is 0 Å². The van der Waals surface area contributed by atoms with E-state index in [1.807, 2.05) is 0 Å². The molecule has 0 atom stereocenters. The van der Waals surface area contributed by atoms with Crippen LogP contribution < -0.4 is 5.32 Å². The number of carbonyl (C=O) groups excluding carboxylic acids is 1. The van der Waals surface area contributed by atoms with Gasteiger partial charge in [0.15, 0.2) is 5.82 Å².